The molecule has 9 heteroatoms. The van der Waals surface area contributed by atoms with Crippen molar-refractivity contribution in [2.24, 2.45) is 9.98 Å². The molecule has 188 valence electrons. The molecule has 3 aliphatic rings. The maximum absolute atomic E-state index is 4.87. The van der Waals surface area contributed by atoms with Crippen molar-refractivity contribution in [2.45, 2.75) is 25.8 Å². The molecule has 38 heavy (non-hydrogen) atoms. The zero-order chi connectivity index (χ0) is 25.5. The zero-order valence-electron chi connectivity index (χ0n) is 21.0. The Bertz CT molecular complexity index is 1620. The Kier molecular flexibility index (Phi) is 5.46. The summed E-state index contributed by atoms with van der Waals surface area (Å²) < 4.78 is 0. The molecule has 3 aliphatic heterocycles. The van der Waals surface area contributed by atoms with E-state index in [0.717, 1.165) is 76.2 Å². The number of nitrogens with zero attached hydrogens (tertiary/aromatic N) is 6. The van der Waals surface area contributed by atoms with Gasteiger partial charge in [0.15, 0.2) is 5.84 Å². The van der Waals surface area contributed by atoms with E-state index >= 15 is 0 Å². The van der Waals surface area contributed by atoms with Crippen molar-refractivity contribution < 1.29 is 0 Å². The van der Waals surface area contributed by atoms with Crippen molar-refractivity contribution in [1.82, 2.24) is 20.3 Å². The third-order valence-corrected chi connectivity index (χ3v) is 7.05. The minimum Gasteiger partial charge on any atom is -0.371 e. The second-order valence-corrected chi connectivity index (χ2v) is 9.76. The molecule has 1 saturated heterocycles. The second kappa shape index (κ2) is 9.26. The van der Waals surface area contributed by atoms with Crippen LogP contribution in [0.5, 0.6) is 0 Å². The van der Waals surface area contributed by atoms with Gasteiger partial charge in [-0.1, -0.05) is 0 Å². The molecular formula is C29H27N9. The van der Waals surface area contributed by atoms with Gasteiger partial charge in [-0.15, -0.1) is 0 Å². The summed E-state index contributed by atoms with van der Waals surface area (Å²) in [6, 6.07) is 16.4. The van der Waals surface area contributed by atoms with Crippen LogP contribution in [0.25, 0.3) is 10.9 Å². The molecule has 0 radical (unpaired) electrons. The topological polar surface area (TPSA) is 103 Å². The maximum atomic E-state index is 4.87. The Balaban J connectivity index is 1.05. The van der Waals surface area contributed by atoms with Crippen molar-refractivity contribution >= 4 is 45.3 Å². The lowest BCUT2D eigenvalue weighted by atomic mass is 10.1. The first-order valence-corrected chi connectivity index (χ1v) is 12.9. The molecule has 3 N–H and O–H groups in total. The molecule has 7 rings (SSSR count). The lowest BCUT2D eigenvalue weighted by Crippen LogP contribution is -2.36. The van der Waals surface area contributed by atoms with E-state index in [1.54, 1.807) is 6.20 Å². The van der Waals surface area contributed by atoms with E-state index in [1.165, 1.54) is 12.1 Å². The number of aryl methyl sites for hydroxylation is 1. The van der Waals surface area contributed by atoms with E-state index in [9.17, 15) is 0 Å². The number of fused-ring (bicyclic) bond motifs is 2. The normalized spacial score (nSPS) is 18.1. The van der Waals surface area contributed by atoms with Gasteiger partial charge in [-0.25, -0.2) is 4.99 Å². The number of pyridine rings is 3. The molecule has 1 unspecified atom stereocenters. The summed E-state index contributed by atoms with van der Waals surface area (Å²) in [5, 5.41) is 11.4. The first-order valence-electron chi connectivity index (χ1n) is 12.9. The molecule has 1 aromatic carbocycles. The Morgan fingerprint density at radius 2 is 1.84 bits per heavy atom. The highest BCUT2D eigenvalue weighted by molar-refractivity contribution is 6.15. The largest absolute Gasteiger partial charge is 0.371 e. The smallest absolute Gasteiger partial charge is 0.153 e. The Morgan fingerprint density at radius 3 is 2.66 bits per heavy atom. The third kappa shape index (κ3) is 4.32. The lowest BCUT2D eigenvalue weighted by Gasteiger charge is -2.33. The average molecular weight is 502 g/mol. The van der Waals surface area contributed by atoms with Gasteiger partial charge in [-0.05, 0) is 61.9 Å². The summed E-state index contributed by atoms with van der Waals surface area (Å²) in [6.45, 7) is 4.21. The molecule has 3 aromatic heterocycles. The Morgan fingerprint density at radius 1 is 0.921 bits per heavy atom. The van der Waals surface area contributed by atoms with E-state index in [0.29, 0.717) is 0 Å². The minimum atomic E-state index is -0.0520. The van der Waals surface area contributed by atoms with Crippen LogP contribution >= 0.6 is 0 Å². The van der Waals surface area contributed by atoms with Crippen molar-refractivity contribution in [3.05, 3.63) is 90.4 Å². The highest BCUT2D eigenvalue weighted by Crippen LogP contribution is 2.30. The molecule has 0 bridgehead atoms. The summed E-state index contributed by atoms with van der Waals surface area (Å²) in [4.78, 5) is 25.3. The fraction of sp³-hybridized carbons (Fsp3) is 0.207. The molecule has 0 saturated carbocycles. The Hall–Kier alpha value is -4.79. The van der Waals surface area contributed by atoms with E-state index in [1.807, 2.05) is 55.8 Å². The number of hydrogen-bond acceptors (Lipinski definition) is 9. The van der Waals surface area contributed by atoms with Gasteiger partial charge in [0.05, 0.1) is 17.4 Å². The number of benzene rings is 1. The fourth-order valence-corrected chi connectivity index (χ4v) is 4.92. The summed E-state index contributed by atoms with van der Waals surface area (Å²) >= 11 is 0. The molecular weight excluding hydrogens is 474 g/mol. The van der Waals surface area contributed by atoms with Crippen LogP contribution < -0.4 is 20.9 Å². The monoisotopic (exact) mass is 501 g/mol. The lowest BCUT2D eigenvalue weighted by molar-refractivity contribution is 0.618. The summed E-state index contributed by atoms with van der Waals surface area (Å²) in [7, 11) is 0. The number of nitrogens with one attached hydrogen (secondary N) is 3. The van der Waals surface area contributed by atoms with Gasteiger partial charge >= 0.3 is 0 Å². The molecule has 0 amide bonds. The van der Waals surface area contributed by atoms with Crippen LogP contribution in [-0.4, -0.2) is 45.8 Å². The van der Waals surface area contributed by atoms with Crippen molar-refractivity contribution in [3.63, 3.8) is 0 Å². The number of amidine groups is 2. The van der Waals surface area contributed by atoms with Gasteiger partial charge in [0.2, 0.25) is 0 Å². The molecule has 0 aliphatic carbocycles. The summed E-state index contributed by atoms with van der Waals surface area (Å²) in [5.41, 5.74) is 7.91. The van der Waals surface area contributed by atoms with Gasteiger partial charge < -0.3 is 20.9 Å². The molecule has 1 fully saturated rings. The molecule has 6 heterocycles. The van der Waals surface area contributed by atoms with Crippen LogP contribution in [-0.2, 0) is 0 Å². The predicted molar refractivity (Wildman–Crippen MR) is 152 cm³/mol. The molecule has 9 nitrogen and oxygen atoms in total. The molecule has 4 aromatic rings. The molecule has 0 spiro atoms. The summed E-state index contributed by atoms with van der Waals surface area (Å²) in [5.74, 6) is 1.59. The maximum Gasteiger partial charge on any atom is 0.153 e. The number of aliphatic imine (C=N–C) groups is 2. The fourth-order valence-electron chi connectivity index (χ4n) is 4.92. The number of anilines is 4. The second-order valence-electron chi connectivity index (χ2n) is 9.76. The van der Waals surface area contributed by atoms with Gasteiger partial charge in [-0.2, -0.15) is 0 Å². The number of hydrogen-bond donors (Lipinski definition) is 3. The predicted octanol–water partition coefficient (Wildman–Crippen LogP) is 4.76. The number of aromatic nitrogens is 3. The van der Waals surface area contributed by atoms with Crippen LogP contribution in [0.4, 0.5) is 22.7 Å². The van der Waals surface area contributed by atoms with E-state index in [4.69, 9.17) is 4.99 Å². The highest BCUT2D eigenvalue weighted by Gasteiger charge is 2.29. The standard InChI is InChI=1S/C29H27N9/c1-18-13-19(7-9-30-18)34-21-14-27-28(33-17-21)37-29(36-27)26-5-3-20(16-32-26)35-25-8-10-31-24-6-4-22(15-23(24)25)38-11-2-12-38/h3-10,13,15-17,27H,2,11-12,14H2,1H3,(H,30,34)(H,31,35)(H,33,36,37). The van der Waals surface area contributed by atoms with Gasteiger partial charge in [0, 0.05) is 71.9 Å². The van der Waals surface area contributed by atoms with Crippen LogP contribution in [0.3, 0.4) is 0 Å². The van der Waals surface area contributed by atoms with Gasteiger partial charge in [0.1, 0.15) is 17.6 Å². The van der Waals surface area contributed by atoms with E-state index in [-0.39, 0.29) is 6.04 Å². The van der Waals surface area contributed by atoms with Gasteiger partial charge in [-0.3, -0.25) is 19.9 Å². The van der Waals surface area contributed by atoms with Crippen LogP contribution in [0.15, 0.2) is 89.0 Å². The van der Waals surface area contributed by atoms with E-state index < -0.39 is 0 Å². The molecule has 1 atom stereocenters. The first-order chi connectivity index (χ1) is 18.7. The van der Waals surface area contributed by atoms with Crippen molar-refractivity contribution in [2.75, 3.05) is 28.6 Å². The zero-order valence-corrected chi connectivity index (χ0v) is 21.0. The van der Waals surface area contributed by atoms with Crippen LogP contribution in [0.1, 0.15) is 24.2 Å². The van der Waals surface area contributed by atoms with Crippen molar-refractivity contribution in [3.8, 4) is 0 Å². The van der Waals surface area contributed by atoms with Crippen LogP contribution in [0, 0.1) is 6.92 Å². The quantitative estimate of drug-likeness (QED) is 0.350. The SMILES string of the molecule is Cc1cc(NC2=CN=C3NC(c4ccc(Nc5ccnc6ccc(N7CCC7)cc56)cn4)=NC3C2)ccn1. The van der Waals surface area contributed by atoms with Crippen molar-refractivity contribution in [1.29, 1.82) is 0 Å². The minimum absolute atomic E-state index is 0.0520. The van der Waals surface area contributed by atoms with E-state index in [2.05, 4.69) is 59.0 Å². The van der Waals surface area contributed by atoms with Crippen LogP contribution in [0.2, 0.25) is 0 Å². The third-order valence-electron chi connectivity index (χ3n) is 7.05. The summed E-state index contributed by atoms with van der Waals surface area (Å²) in [6.07, 6.45) is 9.33. The Labute approximate surface area is 220 Å². The average Bonchev–Trinajstić information content (AvgIpc) is 3.32. The first kappa shape index (κ1) is 22.4. The highest BCUT2D eigenvalue weighted by atomic mass is 15.2. The van der Waals surface area contributed by atoms with Gasteiger partial charge in [0.25, 0.3) is 0 Å². The number of rotatable bonds is 6.